The molecule has 0 spiro atoms. The van der Waals surface area contributed by atoms with Crippen LogP contribution in [0.25, 0.3) is 0 Å². The summed E-state index contributed by atoms with van der Waals surface area (Å²) >= 11 is 6.52. The molecule has 0 radical (unpaired) electrons. The summed E-state index contributed by atoms with van der Waals surface area (Å²) in [6, 6.07) is 9.57. The smallest absolute Gasteiger partial charge is 0.408 e. The predicted octanol–water partition coefficient (Wildman–Crippen LogP) is 8.68. The first kappa shape index (κ1) is 36.1. The molecule has 2 N–H and O–H groups in total. The number of halogens is 1. The fourth-order valence-electron chi connectivity index (χ4n) is 5.04. The second-order valence-corrected chi connectivity index (χ2v) is 13.0. The van der Waals surface area contributed by atoms with E-state index in [1.807, 2.05) is 65.0 Å². The summed E-state index contributed by atoms with van der Waals surface area (Å²) in [7, 11) is 0. The Hall–Kier alpha value is -3.06. The van der Waals surface area contributed by atoms with Crippen LogP contribution in [0.1, 0.15) is 108 Å². The summed E-state index contributed by atoms with van der Waals surface area (Å²) in [6.45, 7) is 17.6. The zero-order valence-corrected chi connectivity index (χ0v) is 28.4. The lowest BCUT2D eigenvalue weighted by Gasteiger charge is -2.37. The first-order valence-corrected chi connectivity index (χ1v) is 16.0. The lowest BCUT2D eigenvalue weighted by Crippen LogP contribution is -2.55. The number of carbonyl (C=O) groups is 3. The molecule has 0 bridgehead atoms. The SMILES string of the molecule is CCCCCCCN(C(=O)C(NC(=O)OC(C)(C)C)C(C)CC)C(C(=O)Nc1c(C)cccc1Cl)c1cc(C)ccc1C. The molecule has 0 saturated heterocycles. The van der Waals surface area contributed by atoms with Crippen molar-refractivity contribution >= 4 is 35.2 Å². The van der Waals surface area contributed by atoms with Crippen molar-refractivity contribution in [1.82, 2.24) is 10.2 Å². The first-order valence-electron chi connectivity index (χ1n) is 15.6. The van der Waals surface area contributed by atoms with E-state index >= 15 is 0 Å². The minimum atomic E-state index is -0.943. The van der Waals surface area contributed by atoms with Crippen molar-refractivity contribution in [3.63, 3.8) is 0 Å². The van der Waals surface area contributed by atoms with Crippen molar-refractivity contribution in [3.8, 4) is 0 Å². The van der Waals surface area contributed by atoms with Gasteiger partial charge < -0.3 is 20.3 Å². The molecular weight excluding hydrogens is 562 g/mol. The van der Waals surface area contributed by atoms with Crippen LogP contribution in [-0.2, 0) is 14.3 Å². The van der Waals surface area contributed by atoms with Crippen molar-refractivity contribution in [3.05, 3.63) is 63.7 Å². The molecule has 0 aliphatic rings. The lowest BCUT2D eigenvalue weighted by molar-refractivity contribution is -0.142. The number of alkyl carbamates (subject to hydrolysis) is 1. The summed E-state index contributed by atoms with van der Waals surface area (Å²) in [5.74, 6) is -0.865. The molecule has 0 fully saturated rings. The molecule has 0 aliphatic carbocycles. The lowest BCUT2D eigenvalue weighted by atomic mass is 9.93. The van der Waals surface area contributed by atoms with Crippen LogP contribution < -0.4 is 10.6 Å². The van der Waals surface area contributed by atoms with E-state index in [2.05, 4.69) is 17.6 Å². The first-order chi connectivity index (χ1) is 20.2. The van der Waals surface area contributed by atoms with Crippen LogP contribution in [-0.4, -0.2) is 41.0 Å². The number of anilines is 1. The van der Waals surface area contributed by atoms with Gasteiger partial charge in [-0.05, 0) is 76.6 Å². The van der Waals surface area contributed by atoms with E-state index in [-0.39, 0.29) is 17.7 Å². The zero-order valence-electron chi connectivity index (χ0n) is 27.6. The van der Waals surface area contributed by atoms with Crippen LogP contribution in [0.2, 0.25) is 5.02 Å². The van der Waals surface area contributed by atoms with E-state index < -0.39 is 23.8 Å². The third-order valence-corrected chi connectivity index (χ3v) is 8.01. The van der Waals surface area contributed by atoms with E-state index in [1.165, 1.54) is 0 Å². The molecular formula is C35H52ClN3O4. The number of unbranched alkanes of at least 4 members (excludes halogenated alkanes) is 4. The van der Waals surface area contributed by atoms with Crippen LogP contribution >= 0.6 is 11.6 Å². The number of hydrogen-bond donors (Lipinski definition) is 2. The van der Waals surface area contributed by atoms with Crippen LogP contribution in [0.4, 0.5) is 10.5 Å². The number of nitrogens with one attached hydrogen (secondary N) is 2. The molecule has 2 aromatic rings. The molecule has 238 valence electrons. The Morgan fingerprint density at radius 2 is 1.63 bits per heavy atom. The van der Waals surface area contributed by atoms with Gasteiger partial charge in [-0.2, -0.15) is 0 Å². The fraction of sp³-hybridized carbons (Fsp3) is 0.571. The Balaban J connectivity index is 2.65. The van der Waals surface area contributed by atoms with Crippen LogP contribution in [0, 0.1) is 26.7 Å². The van der Waals surface area contributed by atoms with Crippen molar-refractivity contribution in [2.24, 2.45) is 5.92 Å². The number of para-hydroxylation sites is 1. The number of aryl methyl sites for hydroxylation is 3. The summed E-state index contributed by atoms with van der Waals surface area (Å²) < 4.78 is 5.54. The van der Waals surface area contributed by atoms with Gasteiger partial charge in [-0.3, -0.25) is 9.59 Å². The molecule has 7 nitrogen and oxygen atoms in total. The summed E-state index contributed by atoms with van der Waals surface area (Å²) in [6.07, 6.45) is 4.90. The Kier molecular flexibility index (Phi) is 14.0. The van der Waals surface area contributed by atoms with E-state index in [9.17, 15) is 14.4 Å². The highest BCUT2D eigenvalue weighted by Gasteiger charge is 2.38. The molecule has 3 atom stereocenters. The van der Waals surface area contributed by atoms with Gasteiger partial charge in [0.15, 0.2) is 0 Å². The molecule has 2 aromatic carbocycles. The average Bonchev–Trinajstić information content (AvgIpc) is 2.93. The van der Waals surface area contributed by atoms with Gasteiger partial charge in [0.25, 0.3) is 5.91 Å². The monoisotopic (exact) mass is 613 g/mol. The quantitative estimate of drug-likeness (QED) is 0.209. The zero-order chi connectivity index (χ0) is 32.3. The second-order valence-electron chi connectivity index (χ2n) is 12.6. The number of carbonyl (C=O) groups excluding carboxylic acids is 3. The minimum absolute atomic E-state index is 0.198. The number of hydrogen-bond acceptors (Lipinski definition) is 4. The maximum absolute atomic E-state index is 14.6. The van der Waals surface area contributed by atoms with Gasteiger partial charge in [-0.15, -0.1) is 0 Å². The second kappa shape index (κ2) is 16.7. The Morgan fingerprint density at radius 1 is 0.953 bits per heavy atom. The van der Waals surface area contributed by atoms with E-state index in [0.29, 0.717) is 23.7 Å². The van der Waals surface area contributed by atoms with E-state index in [0.717, 1.165) is 54.4 Å². The maximum Gasteiger partial charge on any atom is 0.408 e. The van der Waals surface area contributed by atoms with Gasteiger partial charge >= 0.3 is 6.09 Å². The van der Waals surface area contributed by atoms with Crippen molar-refractivity contribution < 1.29 is 19.1 Å². The molecule has 3 unspecified atom stereocenters. The number of benzene rings is 2. The van der Waals surface area contributed by atoms with Gasteiger partial charge in [0, 0.05) is 6.54 Å². The predicted molar refractivity (Wildman–Crippen MR) is 177 cm³/mol. The normalized spacial score (nSPS) is 13.5. The van der Waals surface area contributed by atoms with Crippen LogP contribution in [0.5, 0.6) is 0 Å². The topological polar surface area (TPSA) is 87.7 Å². The van der Waals surface area contributed by atoms with Crippen molar-refractivity contribution in [1.29, 1.82) is 0 Å². The molecule has 8 heteroatoms. The number of rotatable bonds is 14. The Morgan fingerprint density at radius 3 is 2.23 bits per heavy atom. The standard InChI is InChI=1S/C35H52ClN3O4/c1-10-12-13-14-15-21-39(33(41)30(24(4)11-2)38-34(42)43-35(7,8)9)31(27-22-23(3)19-20-25(27)5)32(40)37-29-26(6)17-16-18-28(29)36/h16-20,22,24,30-31H,10-15,21H2,1-9H3,(H,37,40)(H,38,42). The number of ether oxygens (including phenoxy) is 1. The van der Waals surface area contributed by atoms with Crippen LogP contribution in [0.3, 0.4) is 0 Å². The molecule has 0 aromatic heterocycles. The molecule has 0 saturated carbocycles. The van der Waals surface area contributed by atoms with Gasteiger partial charge in [-0.1, -0.05) is 100 Å². The van der Waals surface area contributed by atoms with Gasteiger partial charge in [0.1, 0.15) is 17.7 Å². The molecule has 3 amide bonds. The molecule has 0 heterocycles. The maximum atomic E-state index is 14.6. The third-order valence-electron chi connectivity index (χ3n) is 7.70. The molecule has 43 heavy (non-hydrogen) atoms. The highest BCUT2D eigenvalue weighted by molar-refractivity contribution is 6.34. The Bertz CT molecular complexity index is 1220. The van der Waals surface area contributed by atoms with Crippen molar-refractivity contribution in [2.75, 3.05) is 11.9 Å². The van der Waals surface area contributed by atoms with Crippen LogP contribution in [0.15, 0.2) is 36.4 Å². The largest absolute Gasteiger partial charge is 0.444 e. The Labute approximate surface area is 264 Å². The highest BCUT2D eigenvalue weighted by atomic mass is 35.5. The molecule has 2 rings (SSSR count). The summed E-state index contributed by atoms with van der Waals surface area (Å²) in [4.78, 5) is 43.6. The van der Waals surface area contributed by atoms with E-state index in [1.54, 1.807) is 31.7 Å². The highest BCUT2D eigenvalue weighted by Crippen LogP contribution is 2.32. The molecule has 0 aliphatic heterocycles. The van der Waals surface area contributed by atoms with Gasteiger partial charge in [0.05, 0.1) is 10.7 Å². The average molecular weight is 614 g/mol. The van der Waals surface area contributed by atoms with E-state index in [4.69, 9.17) is 16.3 Å². The van der Waals surface area contributed by atoms with Gasteiger partial charge in [-0.25, -0.2) is 4.79 Å². The van der Waals surface area contributed by atoms with Gasteiger partial charge in [0.2, 0.25) is 5.91 Å². The van der Waals surface area contributed by atoms with Crippen molar-refractivity contribution in [2.45, 2.75) is 119 Å². The third kappa shape index (κ3) is 10.9. The minimum Gasteiger partial charge on any atom is -0.444 e. The summed E-state index contributed by atoms with van der Waals surface area (Å²) in [5, 5.41) is 6.32. The fourth-order valence-corrected chi connectivity index (χ4v) is 5.30. The number of nitrogens with zero attached hydrogens (tertiary/aromatic N) is 1. The summed E-state index contributed by atoms with van der Waals surface area (Å²) in [5.41, 5.74) is 3.23. The number of amides is 3.